The molecule has 0 aromatic heterocycles. The van der Waals surface area contributed by atoms with Crippen molar-refractivity contribution in [1.82, 2.24) is 5.32 Å². The average molecular weight is 215 g/mol. The Bertz CT molecular complexity index is 242. The van der Waals surface area contributed by atoms with Gasteiger partial charge < -0.3 is 10.4 Å². The van der Waals surface area contributed by atoms with Crippen LogP contribution in [0.5, 0.6) is 0 Å². The largest absolute Gasteiger partial charge is 0.481 e. The van der Waals surface area contributed by atoms with Crippen LogP contribution in [0.4, 0.5) is 0 Å². The number of hydrogen-bond acceptors (Lipinski definition) is 3. The van der Waals surface area contributed by atoms with Crippen LogP contribution < -0.4 is 5.32 Å². The van der Waals surface area contributed by atoms with Crippen molar-refractivity contribution in [3.8, 4) is 0 Å². The van der Waals surface area contributed by atoms with E-state index in [0.717, 1.165) is 38.8 Å². The third-order valence-electron chi connectivity index (χ3n) is 3.68. The van der Waals surface area contributed by atoms with Gasteiger partial charge >= 0.3 is 5.97 Å². The molecular weight excluding hydrogens is 198 g/mol. The first kappa shape index (κ1) is 10.3. The minimum Gasteiger partial charge on any atom is -0.481 e. The molecule has 2 N–H and O–H groups in total. The van der Waals surface area contributed by atoms with Gasteiger partial charge in [-0.15, -0.1) is 0 Å². The van der Waals surface area contributed by atoms with E-state index in [2.05, 4.69) is 17.9 Å². The highest BCUT2D eigenvalue weighted by molar-refractivity contribution is 7.81. The molecule has 0 aromatic carbocycles. The summed E-state index contributed by atoms with van der Waals surface area (Å²) < 4.78 is 0. The summed E-state index contributed by atoms with van der Waals surface area (Å²) in [5.74, 6) is -0.0826. The molecule has 4 heteroatoms. The lowest BCUT2D eigenvalue weighted by atomic mass is 9.75. The van der Waals surface area contributed by atoms with Crippen molar-refractivity contribution in [1.29, 1.82) is 0 Å². The van der Waals surface area contributed by atoms with Crippen LogP contribution in [0.25, 0.3) is 0 Å². The lowest BCUT2D eigenvalue weighted by Gasteiger charge is -2.36. The smallest absolute Gasteiger partial charge is 0.310 e. The van der Waals surface area contributed by atoms with Crippen LogP contribution in [0.3, 0.4) is 0 Å². The molecule has 14 heavy (non-hydrogen) atoms. The Morgan fingerprint density at radius 2 is 2.29 bits per heavy atom. The number of carboxylic acid groups (broad SMARTS) is 1. The normalized spacial score (nSPS) is 38.2. The number of carbonyl (C=O) groups is 1. The van der Waals surface area contributed by atoms with Crippen LogP contribution in [-0.2, 0) is 4.79 Å². The minimum atomic E-state index is -0.637. The van der Waals surface area contributed by atoms with E-state index >= 15 is 0 Å². The second kappa shape index (κ2) is 3.74. The molecule has 2 atom stereocenters. The third kappa shape index (κ3) is 1.54. The molecule has 2 rings (SSSR count). The Balaban J connectivity index is 2.08. The third-order valence-corrected chi connectivity index (χ3v) is 4.44. The molecule has 0 spiro atoms. The highest BCUT2D eigenvalue weighted by Crippen LogP contribution is 2.46. The Kier molecular flexibility index (Phi) is 2.75. The van der Waals surface area contributed by atoms with E-state index in [9.17, 15) is 9.90 Å². The molecule has 2 unspecified atom stereocenters. The average Bonchev–Trinajstić information content (AvgIpc) is 2.41. The van der Waals surface area contributed by atoms with Gasteiger partial charge in [0, 0.05) is 5.25 Å². The van der Waals surface area contributed by atoms with Crippen LogP contribution in [0.2, 0.25) is 0 Å². The highest BCUT2D eigenvalue weighted by Gasteiger charge is 2.49. The molecule has 80 valence electrons. The number of rotatable bonds is 3. The monoisotopic (exact) mass is 215 g/mol. The SMILES string of the molecule is O=C(O)C1(CC2CNC2)CCCC1S. The number of thiol groups is 1. The molecule has 0 aromatic rings. The molecule has 0 bridgehead atoms. The molecule has 0 radical (unpaired) electrons. The van der Waals surface area contributed by atoms with Gasteiger partial charge in [0.05, 0.1) is 5.41 Å². The molecule has 1 saturated heterocycles. The van der Waals surface area contributed by atoms with Gasteiger partial charge in [-0.25, -0.2) is 0 Å². The summed E-state index contributed by atoms with van der Waals surface area (Å²) in [6.45, 7) is 1.96. The Labute approximate surface area is 89.7 Å². The molecule has 2 fully saturated rings. The molecule has 1 aliphatic heterocycles. The van der Waals surface area contributed by atoms with E-state index < -0.39 is 11.4 Å². The number of aliphatic carboxylic acids is 1. The quantitative estimate of drug-likeness (QED) is 0.619. The van der Waals surface area contributed by atoms with Gasteiger partial charge in [0.2, 0.25) is 0 Å². The Morgan fingerprint density at radius 3 is 2.64 bits per heavy atom. The van der Waals surface area contributed by atoms with Gasteiger partial charge in [-0.3, -0.25) is 4.79 Å². The van der Waals surface area contributed by atoms with E-state index in [-0.39, 0.29) is 5.25 Å². The number of nitrogens with one attached hydrogen (secondary N) is 1. The van der Waals surface area contributed by atoms with E-state index in [0.29, 0.717) is 5.92 Å². The fourth-order valence-electron chi connectivity index (χ4n) is 2.64. The molecule has 0 amide bonds. The highest BCUT2D eigenvalue weighted by atomic mass is 32.1. The summed E-state index contributed by atoms with van der Waals surface area (Å²) in [6, 6.07) is 0. The maximum absolute atomic E-state index is 11.3. The van der Waals surface area contributed by atoms with Crippen molar-refractivity contribution in [3.63, 3.8) is 0 Å². The predicted molar refractivity (Wildman–Crippen MR) is 57.7 cm³/mol. The number of carboxylic acids is 1. The summed E-state index contributed by atoms with van der Waals surface area (Å²) in [6.07, 6.45) is 3.59. The minimum absolute atomic E-state index is 0.0561. The lowest BCUT2D eigenvalue weighted by molar-refractivity contribution is -0.149. The standard InChI is InChI=1S/C10H17NO2S/c12-9(13)10(3-1-2-8(10)14)4-7-5-11-6-7/h7-8,11,14H,1-6H2,(H,12,13). The molecule has 2 aliphatic rings. The van der Waals surface area contributed by atoms with E-state index in [1.165, 1.54) is 0 Å². The maximum atomic E-state index is 11.3. The van der Waals surface area contributed by atoms with Crippen molar-refractivity contribution < 1.29 is 9.90 Å². The van der Waals surface area contributed by atoms with Crippen molar-refractivity contribution in [2.24, 2.45) is 11.3 Å². The van der Waals surface area contributed by atoms with Crippen LogP contribution in [0.15, 0.2) is 0 Å². The molecule has 3 nitrogen and oxygen atoms in total. The van der Waals surface area contributed by atoms with Crippen LogP contribution in [0, 0.1) is 11.3 Å². The predicted octanol–water partition coefficient (Wildman–Crippen LogP) is 1.15. The molecule has 1 heterocycles. The summed E-state index contributed by atoms with van der Waals surface area (Å²) in [4.78, 5) is 11.3. The van der Waals surface area contributed by atoms with E-state index in [4.69, 9.17) is 0 Å². The zero-order valence-corrected chi connectivity index (χ0v) is 9.09. The number of hydrogen-bond donors (Lipinski definition) is 3. The van der Waals surface area contributed by atoms with Crippen LogP contribution >= 0.6 is 12.6 Å². The van der Waals surface area contributed by atoms with Gasteiger partial charge in [-0.1, -0.05) is 6.42 Å². The Hall–Kier alpha value is -0.220. The van der Waals surface area contributed by atoms with Crippen molar-refractivity contribution >= 4 is 18.6 Å². The molecule has 1 saturated carbocycles. The van der Waals surface area contributed by atoms with Crippen molar-refractivity contribution in [3.05, 3.63) is 0 Å². The molecular formula is C10H17NO2S. The summed E-state index contributed by atoms with van der Waals surface area (Å²) in [5, 5.41) is 12.6. The second-order valence-electron chi connectivity index (χ2n) is 4.60. The van der Waals surface area contributed by atoms with Gasteiger partial charge in [-0.2, -0.15) is 12.6 Å². The fraction of sp³-hybridized carbons (Fsp3) is 0.900. The van der Waals surface area contributed by atoms with Gasteiger partial charge in [0.25, 0.3) is 0 Å². The summed E-state index contributed by atoms with van der Waals surface area (Å²) >= 11 is 4.45. The molecule has 1 aliphatic carbocycles. The first-order valence-corrected chi connectivity index (χ1v) is 5.79. The first-order chi connectivity index (χ1) is 6.65. The van der Waals surface area contributed by atoms with Crippen LogP contribution in [0.1, 0.15) is 25.7 Å². The first-order valence-electron chi connectivity index (χ1n) is 5.27. The zero-order chi connectivity index (χ0) is 10.2. The van der Waals surface area contributed by atoms with Gasteiger partial charge in [0.15, 0.2) is 0 Å². The van der Waals surface area contributed by atoms with Gasteiger partial charge in [-0.05, 0) is 38.3 Å². The summed E-state index contributed by atoms with van der Waals surface area (Å²) in [5.41, 5.74) is -0.532. The van der Waals surface area contributed by atoms with Gasteiger partial charge in [0.1, 0.15) is 0 Å². The fourth-order valence-corrected chi connectivity index (χ4v) is 3.16. The zero-order valence-electron chi connectivity index (χ0n) is 8.20. The Morgan fingerprint density at radius 1 is 1.57 bits per heavy atom. The van der Waals surface area contributed by atoms with Crippen molar-refractivity contribution in [2.75, 3.05) is 13.1 Å². The van der Waals surface area contributed by atoms with E-state index in [1.54, 1.807) is 0 Å². The lowest BCUT2D eigenvalue weighted by Crippen LogP contribution is -2.48. The maximum Gasteiger partial charge on any atom is 0.310 e. The summed E-state index contributed by atoms with van der Waals surface area (Å²) in [7, 11) is 0. The van der Waals surface area contributed by atoms with E-state index in [1.807, 2.05) is 0 Å². The van der Waals surface area contributed by atoms with Crippen LogP contribution in [-0.4, -0.2) is 29.4 Å². The van der Waals surface area contributed by atoms with Crippen molar-refractivity contribution in [2.45, 2.75) is 30.9 Å². The topological polar surface area (TPSA) is 49.3 Å². The second-order valence-corrected chi connectivity index (χ2v) is 5.22.